The zero-order chi connectivity index (χ0) is 11.8. The van der Waals surface area contributed by atoms with Crippen LogP contribution in [0.4, 0.5) is 0 Å². The number of hydrogen-bond acceptors (Lipinski definition) is 3. The van der Waals surface area contributed by atoms with Crippen LogP contribution in [0.2, 0.25) is 0 Å². The van der Waals surface area contributed by atoms with Crippen molar-refractivity contribution in [2.75, 3.05) is 26.7 Å². The van der Waals surface area contributed by atoms with Crippen LogP contribution in [0.25, 0.3) is 0 Å². The molecule has 96 valence electrons. The van der Waals surface area contributed by atoms with Crippen molar-refractivity contribution in [3.05, 3.63) is 35.9 Å². The maximum atomic E-state index is 11.2. The van der Waals surface area contributed by atoms with Crippen LogP contribution in [0.15, 0.2) is 30.3 Å². The number of rotatable bonds is 6. The third-order valence-electron chi connectivity index (χ3n) is 2.37. The summed E-state index contributed by atoms with van der Waals surface area (Å²) in [6.07, 6.45) is 0. The summed E-state index contributed by atoms with van der Waals surface area (Å²) >= 11 is 0. The van der Waals surface area contributed by atoms with E-state index in [1.54, 1.807) is 7.05 Å². The number of carbonyl (C=O) groups is 1. The third kappa shape index (κ3) is 5.68. The highest BCUT2D eigenvalue weighted by molar-refractivity contribution is 5.85. The summed E-state index contributed by atoms with van der Waals surface area (Å²) in [6.45, 7) is 0.789. The highest BCUT2D eigenvalue weighted by atomic mass is 35.5. The van der Waals surface area contributed by atoms with Crippen LogP contribution >= 0.6 is 12.4 Å². The van der Waals surface area contributed by atoms with Gasteiger partial charge in [0.25, 0.3) is 0 Å². The molecule has 0 aromatic heterocycles. The van der Waals surface area contributed by atoms with Crippen LogP contribution in [0.5, 0.6) is 0 Å². The van der Waals surface area contributed by atoms with Crippen LogP contribution in [-0.4, -0.2) is 37.8 Å². The van der Waals surface area contributed by atoms with E-state index in [0.717, 1.165) is 5.56 Å². The Morgan fingerprint density at radius 1 is 1.35 bits per heavy atom. The van der Waals surface area contributed by atoms with Gasteiger partial charge in [-0.3, -0.25) is 4.79 Å². The lowest BCUT2D eigenvalue weighted by Gasteiger charge is -2.15. The Morgan fingerprint density at radius 2 is 2.00 bits per heavy atom. The number of aliphatic hydroxyl groups excluding tert-OH is 1. The van der Waals surface area contributed by atoms with Gasteiger partial charge in [0.05, 0.1) is 13.2 Å². The summed E-state index contributed by atoms with van der Waals surface area (Å²) in [4.78, 5) is 11.2. The number of amides is 1. The SMILES string of the molecule is CNCC(=O)NCC(CO)c1ccccc1.Cl. The van der Waals surface area contributed by atoms with Crippen LogP contribution in [-0.2, 0) is 4.79 Å². The molecule has 4 nitrogen and oxygen atoms in total. The second-order valence-electron chi connectivity index (χ2n) is 3.62. The first-order chi connectivity index (χ1) is 7.77. The zero-order valence-corrected chi connectivity index (χ0v) is 10.7. The van der Waals surface area contributed by atoms with Gasteiger partial charge in [-0.05, 0) is 12.6 Å². The smallest absolute Gasteiger partial charge is 0.233 e. The van der Waals surface area contributed by atoms with E-state index in [1.807, 2.05) is 30.3 Å². The van der Waals surface area contributed by atoms with E-state index < -0.39 is 0 Å². The minimum atomic E-state index is -0.0584. The first kappa shape index (κ1) is 15.9. The van der Waals surface area contributed by atoms with Crippen molar-refractivity contribution in [2.24, 2.45) is 0 Å². The Bertz CT molecular complexity index is 320. The Kier molecular flexibility index (Phi) is 8.40. The third-order valence-corrected chi connectivity index (χ3v) is 2.37. The van der Waals surface area contributed by atoms with Gasteiger partial charge >= 0.3 is 0 Å². The van der Waals surface area contributed by atoms with Gasteiger partial charge in [0.1, 0.15) is 0 Å². The molecule has 0 saturated carbocycles. The van der Waals surface area contributed by atoms with Gasteiger partial charge in [0, 0.05) is 12.5 Å². The Hall–Kier alpha value is -1.10. The van der Waals surface area contributed by atoms with Crippen molar-refractivity contribution in [3.63, 3.8) is 0 Å². The molecule has 5 heteroatoms. The maximum absolute atomic E-state index is 11.2. The van der Waals surface area contributed by atoms with E-state index in [2.05, 4.69) is 10.6 Å². The zero-order valence-electron chi connectivity index (χ0n) is 9.85. The normalized spacial score (nSPS) is 11.4. The van der Waals surface area contributed by atoms with Gasteiger partial charge in [0.15, 0.2) is 0 Å². The van der Waals surface area contributed by atoms with Crippen molar-refractivity contribution < 1.29 is 9.90 Å². The average molecular weight is 259 g/mol. The van der Waals surface area contributed by atoms with E-state index in [9.17, 15) is 9.90 Å². The minimum Gasteiger partial charge on any atom is -0.396 e. The molecule has 1 unspecified atom stereocenters. The fourth-order valence-corrected chi connectivity index (χ4v) is 1.47. The van der Waals surface area contributed by atoms with Crippen LogP contribution in [0.1, 0.15) is 11.5 Å². The molecule has 0 fully saturated rings. The standard InChI is InChI=1S/C12H18N2O2.ClH/c1-13-8-12(16)14-7-11(9-15)10-5-3-2-4-6-10;/h2-6,11,13,15H,7-9H2,1H3,(H,14,16);1H. The number of halogens is 1. The van der Waals surface area contributed by atoms with Crippen molar-refractivity contribution >= 4 is 18.3 Å². The molecule has 1 rings (SSSR count). The second kappa shape index (κ2) is 8.98. The lowest BCUT2D eigenvalue weighted by Crippen LogP contribution is -2.35. The number of nitrogens with one attached hydrogen (secondary N) is 2. The summed E-state index contributed by atoms with van der Waals surface area (Å²) in [5, 5.41) is 14.8. The molecular weight excluding hydrogens is 240 g/mol. The molecule has 1 aromatic rings. The lowest BCUT2D eigenvalue weighted by molar-refractivity contribution is -0.120. The largest absolute Gasteiger partial charge is 0.396 e. The predicted octanol–water partition coefficient (Wildman–Crippen LogP) is 0.520. The van der Waals surface area contributed by atoms with E-state index in [4.69, 9.17) is 0 Å². The lowest BCUT2D eigenvalue weighted by atomic mass is 10.0. The topological polar surface area (TPSA) is 61.4 Å². The monoisotopic (exact) mass is 258 g/mol. The molecule has 0 aliphatic rings. The van der Waals surface area contributed by atoms with Crippen molar-refractivity contribution in [3.8, 4) is 0 Å². The highest BCUT2D eigenvalue weighted by Gasteiger charge is 2.10. The van der Waals surface area contributed by atoms with Gasteiger partial charge in [-0.1, -0.05) is 30.3 Å². The molecule has 0 heterocycles. The molecule has 0 aliphatic carbocycles. The predicted molar refractivity (Wildman–Crippen MR) is 70.5 cm³/mol. The summed E-state index contributed by atoms with van der Waals surface area (Å²) in [5.41, 5.74) is 1.04. The molecule has 3 N–H and O–H groups in total. The Labute approximate surface area is 108 Å². The summed E-state index contributed by atoms with van der Waals surface area (Å²) in [5.74, 6) is -0.0983. The van der Waals surface area contributed by atoms with E-state index in [1.165, 1.54) is 0 Å². The number of aliphatic hydroxyl groups is 1. The fourth-order valence-electron chi connectivity index (χ4n) is 1.47. The first-order valence-electron chi connectivity index (χ1n) is 5.35. The van der Waals surface area contributed by atoms with Crippen molar-refractivity contribution in [1.29, 1.82) is 0 Å². The van der Waals surface area contributed by atoms with E-state index in [0.29, 0.717) is 13.1 Å². The number of benzene rings is 1. The molecule has 1 atom stereocenters. The number of likely N-dealkylation sites (N-methyl/N-ethyl adjacent to an activating group) is 1. The minimum absolute atomic E-state index is 0. The quantitative estimate of drug-likeness (QED) is 0.697. The first-order valence-corrected chi connectivity index (χ1v) is 5.35. The number of hydrogen-bond donors (Lipinski definition) is 3. The molecule has 0 saturated heterocycles. The van der Waals surface area contributed by atoms with Crippen molar-refractivity contribution in [1.82, 2.24) is 10.6 Å². The average Bonchev–Trinajstić information content (AvgIpc) is 2.31. The second-order valence-corrected chi connectivity index (χ2v) is 3.62. The van der Waals surface area contributed by atoms with Crippen LogP contribution < -0.4 is 10.6 Å². The molecule has 0 radical (unpaired) electrons. The Balaban J connectivity index is 0.00000256. The Morgan fingerprint density at radius 3 is 2.53 bits per heavy atom. The van der Waals surface area contributed by atoms with Crippen LogP contribution in [0, 0.1) is 0 Å². The van der Waals surface area contributed by atoms with Gasteiger partial charge in [-0.2, -0.15) is 0 Å². The van der Waals surface area contributed by atoms with Crippen molar-refractivity contribution in [2.45, 2.75) is 5.92 Å². The summed E-state index contributed by atoms with van der Waals surface area (Å²) in [6, 6.07) is 9.68. The summed E-state index contributed by atoms with van der Waals surface area (Å²) < 4.78 is 0. The van der Waals surface area contributed by atoms with Gasteiger partial charge in [-0.15, -0.1) is 12.4 Å². The molecule has 1 aromatic carbocycles. The van der Waals surface area contributed by atoms with Gasteiger partial charge in [-0.25, -0.2) is 0 Å². The molecule has 0 aliphatic heterocycles. The number of carbonyl (C=O) groups excluding carboxylic acids is 1. The van der Waals surface area contributed by atoms with Gasteiger partial charge < -0.3 is 15.7 Å². The molecule has 0 bridgehead atoms. The fraction of sp³-hybridized carbons (Fsp3) is 0.417. The molecule has 1 amide bonds. The van der Waals surface area contributed by atoms with Gasteiger partial charge in [0.2, 0.25) is 5.91 Å². The molecular formula is C12H19ClN2O2. The maximum Gasteiger partial charge on any atom is 0.233 e. The van der Waals surface area contributed by atoms with E-state index in [-0.39, 0.29) is 30.8 Å². The van der Waals surface area contributed by atoms with E-state index >= 15 is 0 Å². The van der Waals surface area contributed by atoms with Crippen LogP contribution in [0.3, 0.4) is 0 Å². The molecule has 0 spiro atoms. The summed E-state index contributed by atoms with van der Waals surface area (Å²) in [7, 11) is 1.72. The molecule has 17 heavy (non-hydrogen) atoms. The highest BCUT2D eigenvalue weighted by Crippen LogP contribution is 2.13.